The second-order valence-electron chi connectivity index (χ2n) is 5.15. The van der Waals surface area contributed by atoms with Gasteiger partial charge in [0.1, 0.15) is 0 Å². The van der Waals surface area contributed by atoms with Crippen LogP contribution in [0.2, 0.25) is 5.02 Å². The lowest BCUT2D eigenvalue weighted by Gasteiger charge is -2.28. The van der Waals surface area contributed by atoms with Gasteiger partial charge in [-0.3, -0.25) is 0 Å². The van der Waals surface area contributed by atoms with Crippen LogP contribution in [0.5, 0.6) is 0 Å². The van der Waals surface area contributed by atoms with Gasteiger partial charge in [-0.15, -0.1) is 0 Å². The van der Waals surface area contributed by atoms with Gasteiger partial charge in [-0.2, -0.15) is 11.8 Å². The van der Waals surface area contributed by atoms with Gasteiger partial charge in [0.05, 0.1) is 0 Å². The van der Waals surface area contributed by atoms with Crippen LogP contribution in [-0.2, 0) is 0 Å². The Bertz CT molecular complexity index is 386. The number of nitrogens with one attached hydrogen (secondary N) is 1. The highest BCUT2D eigenvalue weighted by molar-refractivity contribution is 7.98. The SMILES string of the molecule is CCC(CSC)N(C)CCC(NC)c1ccccc1Cl. The summed E-state index contributed by atoms with van der Waals surface area (Å²) < 4.78 is 0. The molecule has 20 heavy (non-hydrogen) atoms. The van der Waals surface area contributed by atoms with Crippen molar-refractivity contribution in [2.75, 3.05) is 32.6 Å². The molecule has 0 fully saturated rings. The van der Waals surface area contributed by atoms with Gasteiger partial charge in [0.2, 0.25) is 0 Å². The molecule has 0 bridgehead atoms. The molecule has 114 valence electrons. The molecule has 2 atom stereocenters. The summed E-state index contributed by atoms with van der Waals surface area (Å²) in [6.07, 6.45) is 4.45. The standard InChI is InChI=1S/C16H27ClN2S/c1-5-13(12-20-4)19(3)11-10-16(18-2)14-8-6-7-9-15(14)17/h6-9,13,16,18H,5,10-12H2,1-4H3. The predicted molar refractivity (Wildman–Crippen MR) is 93.0 cm³/mol. The van der Waals surface area contributed by atoms with E-state index in [-0.39, 0.29) is 0 Å². The van der Waals surface area contributed by atoms with Crippen molar-refractivity contribution >= 4 is 23.4 Å². The third-order valence-electron chi connectivity index (χ3n) is 3.85. The zero-order valence-electron chi connectivity index (χ0n) is 13.0. The number of hydrogen-bond donors (Lipinski definition) is 1. The average molecular weight is 315 g/mol. The van der Waals surface area contributed by atoms with Crippen LogP contribution in [0, 0.1) is 0 Å². The van der Waals surface area contributed by atoms with Crippen LogP contribution in [-0.4, -0.2) is 43.6 Å². The highest BCUT2D eigenvalue weighted by atomic mass is 35.5. The molecule has 0 aliphatic rings. The second-order valence-corrected chi connectivity index (χ2v) is 6.47. The van der Waals surface area contributed by atoms with Crippen LogP contribution in [0.15, 0.2) is 24.3 Å². The highest BCUT2D eigenvalue weighted by Gasteiger charge is 2.16. The van der Waals surface area contributed by atoms with Gasteiger partial charge in [-0.25, -0.2) is 0 Å². The lowest BCUT2D eigenvalue weighted by atomic mass is 10.0. The Morgan fingerprint density at radius 2 is 2.05 bits per heavy atom. The number of benzene rings is 1. The van der Waals surface area contributed by atoms with Crippen molar-refractivity contribution in [2.45, 2.75) is 31.8 Å². The van der Waals surface area contributed by atoms with E-state index < -0.39 is 0 Å². The molecule has 0 aliphatic carbocycles. The summed E-state index contributed by atoms with van der Waals surface area (Å²) in [5, 5.41) is 4.24. The summed E-state index contributed by atoms with van der Waals surface area (Å²) in [5.41, 5.74) is 1.20. The third kappa shape index (κ3) is 5.28. The highest BCUT2D eigenvalue weighted by Crippen LogP contribution is 2.25. The van der Waals surface area contributed by atoms with Gasteiger partial charge >= 0.3 is 0 Å². The fraction of sp³-hybridized carbons (Fsp3) is 0.625. The maximum Gasteiger partial charge on any atom is 0.0453 e. The van der Waals surface area contributed by atoms with Crippen LogP contribution in [0.3, 0.4) is 0 Å². The molecule has 0 saturated heterocycles. The fourth-order valence-electron chi connectivity index (χ4n) is 2.48. The molecule has 0 spiro atoms. The number of rotatable bonds is 9. The molecule has 0 saturated carbocycles. The van der Waals surface area contributed by atoms with Crippen molar-refractivity contribution in [1.82, 2.24) is 10.2 Å². The molecule has 0 amide bonds. The average Bonchev–Trinajstić information content (AvgIpc) is 2.46. The molecular formula is C16H27ClN2S. The topological polar surface area (TPSA) is 15.3 Å². The van der Waals surface area contributed by atoms with Crippen LogP contribution >= 0.6 is 23.4 Å². The second kappa shape index (κ2) is 9.67. The van der Waals surface area contributed by atoms with E-state index in [4.69, 9.17) is 11.6 Å². The lowest BCUT2D eigenvalue weighted by molar-refractivity contribution is 0.242. The summed E-state index contributed by atoms with van der Waals surface area (Å²) in [4.78, 5) is 2.47. The van der Waals surface area contributed by atoms with Crippen molar-refractivity contribution in [3.63, 3.8) is 0 Å². The normalized spacial score (nSPS) is 14.5. The molecule has 1 aromatic rings. The molecule has 2 nitrogen and oxygen atoms in total. The van der Waals surface area contributed by atoms with Crippen molar-refractivity contribution < 1.29 is 0 Å². The predicted octanol–water partition coefficient (Wildman–Crippen LogP) is 4.06. The summed E-state index contributed by atoms with van der Waals surface area (Å²) >= 11 is 8.22. The first kappa shape index (κ1) is 17.8. The summed E-state index contributed by atoms with van der Waals surface area (Å²) in [5.74, 6) is 1.20. The van der Waals surface area contributed by atoms with E-state index in [0.717, 1.165) is 18.0 Å². The monoisotopic (exact) mass is 314 g/mol. The first-order valence-electron chi connectivity index (χ1n) is 7.24. The number of nitrogens with zero attached hydrogens (tertiary/aromatic N) is 1. The van der Waals surface area contributed by atoms with E-state index in [0.29, 0.717) is 12.1 Å². The van der Waals surface area contributed by atoms with Gasteiger partial charge in [0, 0.05) is 22.9 Å². The third-order valence-corrected chi connectivity index (χ3v) is 4.92. The molecule has 0 radical (unpaired) electrons. The largest absolute Gasteiger partial charge is 0.313 e. The molecule has 1 aromatic carbocycles. The van der Waals surface area contributed by atoms with Gasteiger partial charge in [-0.1, -0.05) is 36.7 Å². The molecule has 0 heterocycles. The van der Waals surface area contributed by atoms with Gasteiger partial charge in [-0.05, 0) is 51.4 Å². The maximum absolute atomic E-state index is 6.30. The Balaban J connectivity index is 2.59. The number of thioether (sulfide) groups is 1. The minimum atomic E-state index is 0.318. The van der Waals surface area contributed by atoms with E-state index in [1.807, 2.05) is 30.9 Å². The quantitative estimate of drug-likeness (QED) is 0.740. The number of hydrogen-bond acceptors (Lipinski definition) is 3. The van der Waals surface area contributed by atoms with Crippen molar-refractivity contribution in [3.05, 3.63) is 34.9 Å². The Hall–Kier alpha value is -0.220. The fourth-order valence-corrected chi connectivity index (χ4v) is 3.62. The van der Waals surface area contributed by atoms with Gasteiger partial charge < -0.3 is 10.2 Å². The van der Waals surface area contributed by atoms with Crippen molar-refractivity contribution in [3.8, 4) is 0 Å². The van der Waals surface area contributed by atoms with E-state index in [1.54, 1.807) is 0 Å². The van der Waals surface area contributed by atoms with Crippen LogP contribution in [0.25, 0.3) is 0 Å². The molecule has 1 rings (SSSR count). The van der Waals surface area contributed by atoms with E-state index in [2.05, 4.69) is 42.6 Å². The molecule has 1 N–H and O–H groups in total. The zero-order chi connectivity index (χ0) is 15.0. The van der Waals surface area contributed by atoms with Crippen LogP contribution in [0.4, 0.5) is 0 Å². The molecule has 0 aliphatic heterocycles. The Morgan fingerprint density at radius 3 is 2.60 bits per heavy atom. The molecule has 2 unspecified atom stereocenters. The van der Waals surface area contributed by atoms with E-state index in [1.165, 1.54) is 17.7 Å². The minimum Gasteiger partial charge on any atom is -0.313 e. The Morgan fingerprint density at radius 1 is 1.35 bits per heavy atom. The van der Waals surface area contributed by atoms with Crippen LogP contribution in [0.1, 0.15) is 31.4 Å². The van der Waals surface area contributed by atoms with Crippen LogP contribution < -0.4 is 5.32 Å². The van der Waals surface area contributed by atoms with Crippen molar-refractivity contribution in [2.24, 2.45) is 0 Å². The summed E-state index contributed by atoms with van der Waals surface area (Å²) in [6.45, 7) is 3.34. The molecule has 0 aromatic heterocycles. The van der Waals surface area contributed by atoms with E-state index >= 15 is 0 Å². The Labute approximate surface area is 133 Å². The zero-order valence-corrected chi connectivity index (χ0v) is 14.6. The first-order valence-corrected chi connectivity index (χ1v) is 9.02. The van der Waals surface area contributed by atoms with E-state index in [9.17, 15) is 0 Å². The Kier molecular flexibility index (Phi) is 8.62. The smallest absolute Gasteiger partial charge is 0.0453 e. The molecule has 4 heteroatoms. The summed E-state index contributed by atoms with van der Waals surface area (Å²) in [7, 11) is 4.23. The minimum absolute atomic E-state index is 0.318. The summed E-state index contributed by atoms with van der Waals surface area (Å²) in [6, 6.07) is 9.09. The lowest BCUT2D eigenvalue weighted by Crippen LogP contribution is -2.35. The van der Waals surface area contributed by atoms with Gasteiger partial charge in [0.15, 0.2) is 0 Å². The molecular weight excluding hydrogens is 288 g/mol. The maximum atomic E-state index is 6.30. The number of halogens is 1. The van der Waals surface area contributed by atoms with Crippen molar-refractivity contribution in [1.29, 1.82) is 0 Å². The first-order chi connectivity index (χ1) is 9.63. The van der Waals surface area contributed by atoms with Gasteiger partial charge in [0.25, 0.3) is 0 Å².